The molecule has 0 aliphatic heterocycles. The molecule has 0 amide bonds. The Labute approximate surface area is 153 Å². The second kappa shape index (κ2) is 5.28. The number of aromatic amines is 3. The number of hydrogen-bond acceptors (Lipinski definition) is 3. The van der Waals surface area contributed by atoms with Crippen LogP contribution < -0.4 is 0 Å². The Morgan fingerprint density at radius 2 is 1.67 bits per heavy atom. The highest BCUT2D eigenvalue weighted by Gasteiger charge is 2.09. The number of pyridine rings is 2. The van der Waals surface area contributed by atoms with Gasteiger partial charge in [0.25, 0.3) is 0 Å². The molecule has 0 aliphatic rings. The first kappa shape index (κ1) is 14.3. The lowest BCUT2D eigenvalue weighted by Gasteiger charge is -1.97. The molecule has 0 atom stereocenters. The molecule has 0 spiro atoms. The molecule has 1 aromatic carbocycles. The first-order valence-electron chi connectivity index (χ1n) is 8.70. The summed E-state index contributed by atoms with van der Waals surface area (Å²) in [5.41, 5.74) is 8.99. The van der Waals surface area contributed by atoms with Gasteiger partial charge in [-0.15, -0.1) is 0 Å². The van der Waals surface area contributed by atoms with Crippen molar-refractivity contribution in [2.24, 2.45) is 0 Å². The van der Waals surface area contributed by atoms with Crippen molar-refractivity contribution in [2.75, 3.05) is 0 Å². The smallest absolute Gasteiger partial charge is 0.0931 e. The molecular formula is C21H14N6. The van der Waals surface area contributed by atoms with Crippen LogP contribution in [-0.2, 0) is 0 Å². The molecule has 6 nitrogen and oxygen atoms in total. The van der Waals surface area contributed by atoms with Gasteiger partial charge in [0, 0.05) is 34.6 Å². The van der Waals surface area contributed by atoms with Gasteiger partial charge in [0.2, 0.25) is 0 Å². The Bertz CT molecular complexity index is 1400. The van der Waals surface area contributed by atoms with E-state index in [-0.39, 0.29) is 0 Å². The number of nitrogens with one attached hydrogen (secondary N) is 3. The zero-order valence-electron chi connectivity index (χ0n) is 14.2. The highest BCUT2D eigenvalue weighted by molar-refractivity contribution is 5.89. The number of H-pyrrole nitrogens is 3. The van der Waals surface area contributed by atoms with Crippen molar-refractivity contribution in [1.82, 2.24) is 29.9 Å². The van der Waals surface area contributed by atoms with E-state index in [1.54, 1.807) is 12.5 Å². The van der Waals surface area contributed by atoms with Gasteiger partial charge >= 0.3 is 0 Å². The molecule has 0 aliphatic carbocycles. The van der Waals surface area contributed by atoms with Crippen LogP contribution in [-0.4, -0.2) is 29.9 Å². The average molecular weight is 350 g/mol. The highest BCUT2D eigenvalue weighted by atomic mass is 14.9. The Morgan fingerprint density at radius 3 is 2.63 bits per heavy atom. The van der Waals surface area contributed by atoms with Gasteiger partial charge in [0.1, 0.15) is 0 Å². The van der Waals surface area contributed by atoms with Gasteiger partial charge in [0.05, 0.1) is 39.8 Å². The summed E-state index contributed by atoms with van der Waals surface area (Å²) < 4.78 is 0. The summed E-state index contributed by atoms with van der Waals surface area (Å²) >= 11 is 0. The van der Waals surface area contributed by atoms with E-state index in [1.165, 1.54) is 0 Å². The van der Waals surface area contributed by atoms with Crippen molar-refractivity contribution < 1.29 is 0 Å². The second-order valence-electron chi connectivity index (χ2n) is 6.59. The van der Waals surface area contributed by atoms with Gasteiger partial charge in [-0.1, -0.05) is 6.07 Å². The summed E-state index contributed by atoms with van der Waals surface area (Å²) in [4.78, 5) is 23.3. The topological polar surface area (TPSA) is 86.0 Å². The van der Waals surface area contributed by atoms with Crippen LogP contribution >= 0.6 is 0 Å². The van der Waals surface area contributed by atoms with Crippen molar-refractivity contribution in [1.29, 1.82) is 0 Å². The highest BCUT2D eigenvalue weighted by Crippen LogP contribution is 2.28. The Kier molecular flexibility index (Phi) is 2.79. The van der Waals surface area contributed by atoms with Crippen LogP contribution in [0, 0.1) is 0 Å². The maximum Gasteiger partial charge on any atom is 0.0931 e. The zero-order chi connectivity index (χ0) is 17.8. The van der Waals surface area contributed by atoms with Gasteiger partial charge in [-0.2, -0.15) is 0 Å². The predicted molar refractivity (Wildman–Crippen MR) is 106 cm³/mol. The summed E-state index contributed by atoms with van der Waals surface area (Å²) in [5.74, 6) is 0. The lowest BCUT2D eigenvalue weighted by molar-refractivity contribution is 1.33. The SMILES string of the molecule is c1cc2[nH]c(-c3ccc4[nH]c(-c5ccc6[nH]cnc6c5)cc4n3)cc2cn1. The quantitative estimate of drug-likeness (QED) is 0.425. The molecular weight excluding hydrogens is 336 g/mol. The molecule has 0 fully saturated rings. The molecule has 0 radical (unpaired) electrons. The number of fused-ring (bicyclic) bond motifs is 3. The molecule has 5 aromatic heterocycles. The maximum absolute atomic E-state index is 4.83. The van der Waals surface area contributed by atoms with Crippen LogP contribution in [0.15, 0.2) is 67.3 Å². The van der Waals surface area contributed by atoms with E-state index >= 15 is 0 Å². The zero-order valence-corrected chi connectivity index (χ0v) is 14.2. The fourth-order valence-corrected chi connectivity index (χ4v) is 3.52. The van der Waals surface area contributed by atoms with E-state index in [4.69, 9.17) is 4.98 Å². The van der Waals surface area contributed by atoms with Crippen molar-refractivity contribution >= 4 is 33.0 Å². The normalized spacial score (nSPS) is 11.7. The first-order chi connectivity index (χ1) is 13.3. The molecule has 0 bridgehead atoms. The second-order valence-corrected chi connectivity index (χ2v) is 6.59. The molecule has 3 N–H and O–H groups in total. The number of benzene rings is 1. The van der Waals surface area contributed by atoms with Crippen LogP contribution in [0.2, 0.25) is 0 Å². The van der Waals surface area contributed by atoms with E-state index in [0.717, 1.165) is 55.6 Å². The van der Waals surface area contributed by atoms with Crippen molar-refractivity contribution in [3.05, 3.63) is 67.3 Å². The molecule has 27 heavy (non-hydrogen) atoms. The standard InChI is InChI=1S/C21H14N6/c1-2-15-19(24-11-23-15)7-12(1)18-9-21-17(26-18)4-3-16(27-21)20-8-13-10-22-6-5-14(13)25-20/h1-11,25-26H,(H,23,24). The van der Waals surface area contributed by atoms with Gasteiger partial charge in [-0.05, 0) is 42.5 Å². The maximum atomic E-state index is 4.83. The average Bonchev–Trinajstić information content (AvgIpc) is 3.42. The van der Waals surface area contributed by atoms with Crippen molar-refractivity contribution in [3.63, 3.8) is 0 Å². The van der Waals surface area contributed by atoms with Crippen LogP contribution in [0.3, 0.4) is 0 Å². The predicted octanol–water partition coefficient (Wildman–Crippen LogP) is 4.65. The molecule has 6 aromatic rings. The van der Waals surface area contributed by atoms with Gasteiger partial charge < -0.3 is 15.0 Å². The molecule has 0 saturated carbocycles. The summed E-state index contributed by atoms with van der Waals surface area (Å²) in [7, 11) is 0. The van der Waals surface area contributed by atoms with Crippen LogP contribution in [0.25, 0.3) is 55.6 Å². The van der Waals surface area contributed by atoms with Gasteiger partial charge in [0.15, 0.2) is 0 Å². The monoisotopic (exact) mass is 350 g/mol. The number of hydrogen-bond donors (Lipinski definition) is 3. The summed E-state index contributed by atoms with van der Waals surface area (Å²) in [5, 5.41) is 1.08. The summed E-state index contributed by atoms with van der Waals surface area (Å²) in [6.45, 7) is 0. The van der Waals surface area contributed by atoms with E-state index in [0.29, 0.717) is 0 Å². The minimum atomic E-state index is 0.909. The molecule has 5 heterocycles. The first-order valence-corrected chi connectivity index (χ1v) is 8.70. The minimum absolute atomic E-state index is 0.909. The van der Waals surface area contributed by atoms with E-state index in [1.807, 2.05) is 24.4 Å². The van der Waals surface area contributed by atoms with Crippen LogP contribution in [0.1, 0.15) is 0 Å². The van der Waals surface area contributed by atoms with Crippen LogP contribution in [0.5, 0.6) is 0 Å². The molecule has 0 unspecified atom stereocenters. The Balaban J connectivity index is 1.46. The van der Waals surface area contributed by atoms with E-state index in [9.17, 15) is 0 Å². The third-order valence-corrected chi connectivity index (χ3v) is 4.90. The lowest BCUT2D eigenvalue weighted by Crippen LogP contribution is -1.83. The number of imidazole rings is 1. The third-order valence-electron chi connectivity index (χ3n) is 4.90. The molecule has 6 rings (SSSR count). The van der Waals surface area contributed by atoms with Crippen molar-refractivity contribution in [2.45, 2.75) is 0 Å². The fraction of sp³-hybridized carbons (Fsp3) is 0. The molecule has 128 valence electrons. The minimum Gasteiger partial charge on any atom is -0.353 e. The van der Waals surface area contributed by atoms with E-state index in [2.05, 4.69) is 55.3 Å². The van der Waals surface area contributed by atoms with Crippen molar-refractivity contribution in [3.8, 4) is 22.6 Å². The number of aromatic nitrogens is 6. The summed E-state index contributed by atoms with van der Waals surface area (Å²) in [6.07, 6.45) is 5.35. The summed E-state index contributed by atoms with van der Waals surface area (Å²) in [6, 6.07) is 16.4. The largest absolute Gasteiger partial charge is 0.353 e. The Hall–Kier alpha value is -3.93. The molecule has 6 heteroatoms. The van der Waals surface area contributed by atoms with Crippen LogP contribution in [0.4, 0.5) is 0 Å². The number of nitrogens with zero attached hydrogens (tertiary/aromatic N) is 3. The van der Waals surface area contributed by atoms with Gasteiger partial charge in [-0.3, -0.25) is 4.98 Å². The Morgan fingerprint density at radius 1 is 0.741 bits per heavy atom. The number of rotatable bonds is 2. The third kappa shape index (κ3) is 2.23. The van der Waals surface area contributed by atoms with Gasteiger partial charge in [-0.25, -0.2) is 9.97 Å². The molecule has 0 saturated heterocycles. The van der Waals surface area contributed by atoms with E-state index < -0.39 is 0 Å². The lowest BCUT2D eigenvalue weighted by atomic mass is 10.1. The fourth-order valence-electron chi connectivity index (χ4n) is 3.52.